The number of unbranched alkanes of at least 4 members (excludes halogenated alkanes) is 2. The van der Waals surface area contributed by atoms with E-state index in [0.717, 1.165) is 42.5 Å². The van der Waals surface area contributed by atoms with Crippen molar-refractivity contribution in [1.29, 1.82) is 0 Å². The summed E-state index contributed by atoms with van der Waals surface area (Å²) in [7, 11) is 9.44. The minimum absolute atomic E-state index is 0.633. The lowest BCUT2D eigenvalue weighted by Gasteiger charge is -2.19. The summed E-state index contributed by atoms with van der Waals surface area (Å²) in [5.41, 5.74) is 6.36. The molecule has 2 N–H and O–H groups in total. The molecule has 0 fully saturated rings. The van der Waals surface area contributed by atoms with E-state index in [2.05, 4.69) is 9.97 Å². The summed E-state index contributed by atoms with van der Waals surface area (Å²) < 4.78 is 11.4. The van der Waals surface area contributed by atoms with E-state index in [1.165, 1.54) is 0 Å². The highest BCUT2D eigenvalue weighted by molar-refractivity contribution is 5.93. The second-order valence-corrected chi connectivity index (χ2v) is 6.35. The van der Waals surface area contributed by atoms with Crippen molar-refractivity contribution in [2.75, 3.05) is 58.3 Å². The second-order valence-electron chi connectivity index (χ2n) is 6.35. The van der Waals surface area contributed by atoms with Crippen LogP contribution in [0.5, 0.6) is 11.5 Å². The fourth-order valence-corrected chi connectivity index (χ4v) is 2.53. The Hall–Kier alpha value is -2.28. The van der Waals surface area contributed by atoms with Crippen molar-refractivity contribution < 1.29 is 9.47 Å². The molecule has 0 unspecified atom stereocenters. The second kappa shape index (κ2) is 8.71. The van der Waals surface area contributed by atoms with Crippen LogP contribution in [-0.2, 0) is 0 Å². The number of benzene rings is 1. The molecule has 0 amide bonds. The summed E-state index contributed by atoms with van der Waals surface area (Å²) in [5, 5.41) is 0.933. The predicted octanol–water partition coefficient (Wildman–Crippen LogP) is 2.28. The summed E-state index contributed by atoms with van der Waals surface area (Å²) in [5.74, 6) is 2.91. The molecule has 1 heterocycles. The van der Waals surface area contributed by atoms with Gasteiger partial charge in [-0.1, -0.05) is 0 Å². The minimum atomic E-state index is 0.633. The van der Waals surface area contributed by atoms with Crippen molar-refractivity contribution in [3.05, 3.63) is 12.1 Å². The molecular formula is C18H29N5O2. The van der Waals surface area contributed by atoms with Gasteiger partial charge in [0.05, 0.1) is 19.2 Å². The van der Waals surface area contributed by atoms with Crippen molar-refractivity contribution in [3.63, 3.8) is 0 Å². The Morgan fingerprint density at radius 3 is 2.32 bits per heavy atom. The summed E-state index contributed by atoms with van der Waals surface area (Å²) in [6.45, 7) is 1.35. The summed E-state index contributed by atoms with van der Waals surface area (Å²) in [6, 6.07) is 3.87. The van der Waals surface area contributed by atoms with Gasteiger partial charge in [0.1, 0.15) is 5.82 Å². The van der Waals surface area contributed by atoms with Gasteiger partial charge in [0.2, 0.25) is 5.95 Å². The van der Waals surface area contributed by atoms with Crippen molar-refractivity contribution in [3.8, 4) is 11.5 Å². The Morgan fingerprint density at radius 2 is 1.72 bits per heavy atom. The number of fused-ring (bicyclic) bond motifs is 1. The normalized spacial score (nSPS) is 10.8. The van der Waals surface area contributed by atoms with Gasteiger partial charge in [-0.25, -0.2) is 4.98 Å². The Labute approximate surface area is 149 Å². The average molecular weight is 347 g/mol. The molecule has 0 saturated heterocycles. The first-order valence-electron chi connectivity index (χ1n) is 8.55. The van der Waals surface area contributed by atoms with Gasteiger partial charge in [-0.05, 0) is 31.9 Å². The van der Waals surface area contributed by atoms with Crippen LogP contribution in [-0.4, -0.2) is 58.4 Å². The Bertz CT molecular complexity index is 703. The molecule has 2 rings (SSSR count). The summed E-state index contributed by atoms with van der Waals surface area (Å²) in [6.07, 6.45) is 3.04. The van der Waals surface area contributed by atoms with Crippen molar-refractivity contribution >= 4 is 22.7 Å². The van der Waals surface area contributed by atoms with Gasteiger partial charge in [-0.15, -0.1) is 0 Å². The molecule has 1 aromatic heterocycles. The first-order valence-corrected chi connectivity index (χ1v) is 8.55. The molecule has 0 aliphatic heterocycles. The van der Waals surface area contributed by atoms with Crippen molar-refractivity contribution in [1.82, 2.24) is 9.97 Å². The third-order valence-electron chi connectivity index (χ3n) is 3.88. The molecule has 1 aromatic carbocycles. The van der Waals surface area contributed by atoms with Crippen LogP contribution in [0.3, 0.4) is 0 Å². The van der Waals surface area contributed by atoms with Crippen LogP contribution in [0.25, 0.3) is 10.9 Å². The monoisotopic (exact) mass is 347 g/mol. The van der Waals surface area contributed by atoms with E-state index in [1.807, 2.05) is 50.1 Å². The lowest BCUT2D eigenvalue weighted by molar-refractivity contribution is 0.286. The number of nitrogens with two attached hydrogens (primary N) is 1. The average Bonchev–Trinajstić information content (AvgIpc) is 2.59. The number of hydrogen-bond donors (Lipinski definition) is 1. The van der Waals surface area contributed by atoms with E-state index in [4.69, 9.17) is 15.2 Å². The van der Waals surface area contributed by atoms with Crippen molar-refractivity contribution in [2.45, 2.75) is 19.3 Å². The molecule has 0 bridgehead atoms. The molecule has 0 saturated carbocycles. The fourth-order valence-electron chi connectivity index (χ4n) is 2.53. The zero-order chi connectivity index (χ0) is 18.4. The van der Waals surface area contributed by atoms with E-state index in [-0.39, 0.29) is 0 Å². The first kappa shape index (κ1) is 19.1. The van der Waals surface area contributed by atoms with Crippen LogP contribution in [0.2, 0.25) is 0 Å². The van der Waals surface area contributed by atoms with Crippen LogP contribution in [0.1, 0.15) is 19.3 Å². The fraction of sp³-hybridized carbons (Fsp3) is 0.556. The van der Waals surface area contributed by atoms with Gasteiger partial charge < -0.3 is 25.0 Å². The number of rotatable bonds is 9. The number of aromatic nitrogens is 2. The van der Waals surface area contributed by atoms with Gasteiger partial charge in [0, 0.05) is 39.6 Å². The van der Waals surface area contributed by atoms with E-state index >= 15 is 0 Å². The van der Waals surface area contributed by atoms with Gasteiger partial charge >= 0.3 is 0 Å². The topological polar surface area (TPSA) is 76.7 Å². The smallest absolute Gasteiger partial charge is 0.227 e. The predicted molar refractivity (Wildman–Crippen MR) is 103 cm³/mol. The maximum atomic E-state index is 5.93. The zero-order valence-corrected chi connectivity index (χ0v) is 15.9. The van der Waals surface area contributed by atoms with E-state index < -0.39 is 0 Å². The van der Waals surface area contributed by atoms with Gasteiger partial charge in [0.25, 0.3) is 0 Å². The summed E-state index contributed by atoms with van der Waals surface area (Å²) >= 11 is 0. The largest absolute Gasteiger partial charge is 0.493 e. The van der Waals surface area contributed by atoms with Gasteiger partial charge in [0.15, 0.2) is 11.5 Å². The number of hydrogen-bond acceptors (Lipinski definition) is 7. The van der Waals surface area contributed by atoms with Gasteiger partial charge in [-0.2, -0.15) is 4.98 Å². The quantitative estimate of drug-likeness (QED) is 0.697. The lowest BCUT2D eigenvalue weighted by atomic mass is 10.2. The molecule has 0 aliphatic rings. The first-order chi connectivity index (χ1) is 12.0. The Balaban J connectivity index is 2.39. The molecule has 2 aromatic rings. The molecule has 138 valence electrons. The number of anilines is 2. The van der Waals surface area contributed by atoms with Crippen molar-refractivity contribution in [2.24, 2.45) is 5.73 Å². The zero-order valence-electron chi connectivity index (χ0n) is 15.9. The third kappa shape index (κ3) is 4.63. The number of methoxy groups -OCH3 is 1. The van der Waals surface area contributed by atoms with Crippen LogP contribution >= 0.6 is 0 Å². The van der Waals surface area contributed by atoms with Crippen LogP contribution in [0.4, 0.5) is 11.8 Å². The molecule has 25 heavy (non-hydrogen) atoms. The Kier molecular flexibility index (Phi) is 6.64. The lowest BCUT2D eigenvalue weighted by Crippen LogP contribution is -2.17. The van der Waals surface area contributed by atoms with Crippen LogP contribution < -0.4 is 25.0 Å². The maximum Gasteiger partial charge on any atom is 0.227 e. The van der Waals surface area contributed by atoms with E-state index in [1.54, 1.807) is 7.11 Å². The standard InChI is InChI=1S/C18H29N5O2/c1-22(2)17-13-11-15(24-5)16(25-10-8-6-7-9-19)12-14(13)20-18(21-17)23(3)4/h11-12H,6-10,19H2,1-5H3. The number of nitrogens with zero attached hydrogens (tertiary/aromatic N) is 4. The van der Waals surface area contributed by atoms with Crippen LogP contribution in [0, 0.1) is 0 Å². The molecule has 7 nitrogen and oxygen atoms in total. The maximum absolute atomic E-state index is 5.93. The minimum Gasteiger partial charge on any atom is -0.493 e. The van der Waals surface area contributed by atoms with Gasteiger partial charge in [-0.3, -0.25) is 0 Å². The molecule has 0 aliphatic carbocycles. The Morgan fingerprint density at radius 1 is 0.960 bits per heavy atom. The third-order valence-corrected chi connectivity index (χ3v) is 3.88. The van der Waals surface area contributed by atoms with E-state index in [9.17, 15) is 0 Å². The number of ether oxygens (including phenoxy) is 2. The summed E-state index contributed by atoms with van der Waals surface area (Å²) in [4.78, 5) is 13.1. The van der Waals surface area contributed by atoms with E-state index in [0.29, 0.717) is 24.1 Å². The molecular weight excluding hydrogens is 318 g/mol. The molecule has 7 heteroatoms. The highest BCUT2D eigenvalue weighted by Gasteiger charge is 2.15. The van der Waals surface area contributed by atoms with Crippen LogP contribution in [0.15, 0.2) is 12.1 Å². The molecule has 0 spiro atoms. The highest BCUT2D eigenvalue weighted by Crippen LogP contribution is 2.35. The molecule has 0 radical (unpaired) electrons. The highest BCUT2D eigenvalue weighted by atomic mass is 16.5. The SMILES string of the molecule is COc1cc2c(N(C)C)nc(N(C)C)nc2cc1OCCCCCN. The molecule has 0 atom stereocenters.